The van der Waals surface area contributed by atoms with E-state index in [0.717, 1.165) is 5.69 Å². The second-order valence-electron chi connectivity index (χ2n) is 4.44. The normalized spacial score (nSPS) is 13.3. The lowest BCUT2D eigenvalue weighted by Gasteiger charge is -2.10. The summed E-state index contributed by atoms with van der Waals surface area (Å²) in [5.41, 5.74) is 10.5. The zero-order chi connectivity index (χ0) is 11.9. The summed E-state index contributed by atoms with van der Waals surface area (Å²) in [6.45, 7) is 4.16. The Bertz CT molecular complexity index is 528. The summed E-state index contributed by atoms with van der Waals surface area (Å²) in [5.74, 6) is 0. The monoisotopic (exact) mass is 218 g/mol. The SMILES string of the molecule is Cc1cc(C)c2c(c1)cc(C(N)CO)n2C. The maximum atomic E-state index is 9.12. The Morgan fingerprint density at radius 3 is 2.62 bits per heavy atom. The van der Waals surface area contributed by atoms with E-state index in [1.807, 2.05) is 7.05 Å². The molecule has 0 saturated carbocycles. The van der Waals surface area contributed by atoms with Gasteiger partial charge in [0.15, 0.2) is 0 Å². The Morgan fingerprint density at radius 2 is 2.00 bits per heavy atom. The number of benzene rings is 1. The highest BCUT2D eigenvalue weighted by atomic mass is 16.3. The molecule has 0 bridgehead atoms. The smallest absolute Gasteiger partial charge is 0.0685 e. The highest BCUT2D eigenvalue weighted by molar-refractivity contribution is 5.85. The third kappa shape index (κ3) is 1.62. The lowest BCUT2D eigenvalue weighted by atomic mass is 10.1. The molecule has 1 aromatic heterocycles. The molecule has 1 unspecified atom stereocenters. The van der Waals surface area contributed by atoms with Crippen LogP contribution in [0.1, 0.15) is 22.9 Å². The molecule has 0 aliphatic rings. The van der Waals surface area contributed by atoms with Gasteiger partial charge in [0, 0.05) is 18.1 Å². The van der Waals surface area contributed by atoms with E-state index in [4.69, 9.17) is 10.8 Å². The number of rotatable bonds is 2. The Kier molecular flexibility index (Phi) is 2.74. The van der Waals surface area contributed by atoms with Gasteiger partial charge >= 0.3 is 0 Å². The Labute approximate surface area is 95.5 Å². The molecule has 0 aliphatic carbocycles. The van der Waals surface area contributed by atoms with Gasteiger partial charge in [-0.2, -0.15) is 0 Å². The number of hydrogen-bond donors (Lipinski definition) is 2. The Hall–Kier alpha value is -1.32. The summed E-state index contributed by atoms with van der Waals surface area (Å²) < 4.78 is 2.07. The Morgan fingerprint density at radius 1 is 1.31 bits per heavy atom. The summed E-state index contributed by atoms with van der Waals surface area (Å²) >= 11 is 0. The molecule has 0 aliphatic heterocycles. The molecule has 3 heteroatoms. The molecule has 0 saturated heterocycles. The van der Waals surface area contributed by atoms with E-state index in [-0.39, 0.29) is 12.6 Å². The van der Waals surface area contributed by atoms with Crippen LogP contribution in [0.2, 0.25) is 0 Å². The van der Waals surface area contributed by atoms with E-state index in [0.29, 0.717) is 0 Å². The summed E-state index contributed by atoms with van der Waals surface area (Å²) in [6, 6.07) is 6.07. The van der Waals surface area contributed by atoms with Gasteiger partial charge in [-0.05, 0) is 31.5 Å². The second-order valence-corrected chi connectivity index (χ2v) is 4.44. The van der Waals surface area contributed by atoms with Gasteiger partial charge in [-0.1, -0.05) is 11.6 Å². The first-order valence-corrected chi connectivity index (χ1v) is 5.47. The van der Waals surface area contributed by atoms with E-state index in [1.165, 1.54) is 22.0 Å². The molecular formula is C13H18N2O. The molecule has 0 radical (unpaired) electrons. The van der Waals surface area contributed by atoms with Crippen molar-refractivity contribution in [1.82, 2.24) is 4.57 Å². The number of nitrogens with two attached hydrogens (primary N) is 1. The van der Waals surface area contributed by atoms with E-state index >= 15 is 0 Å². The highest BCUT2D eigenvalue weighted by Crippen LogP contribution is 2.26. The third-order valence-corrected chi connectivity index (χ3v) is 3.08. The molecule has 3 nitrogen and oxygen atoms in total. The number of nitrogens with zero attached hydrogens (tertiary/aromatic N) is 1. The van der Waals surface area contributed by atoms with Crippen LogP contribution in [0.5, 0.6) is 0 Å². The van der Waals surface area contributed by atoms with Crippen molar-refractivity contribution in [3.05, 3.63) is 35.0 Å². The first-order chi connectivity index (χ1) is 7.54. The van der Waals surface area contributed by atoms with Gasteiger partial charge in [0.05, 0.1) is 18.2 Å². The van der Waals surface area contributed by atoms with Crippen molar-refractivity contribution in [3.63, 3.8) is 0 Å². The van der Waals surface area contributed by atoms with Crippen LogP contribution in [0, 0.1) is 13.8 Å². The number of fused-ring (bicyclic) bond motifs is 1. The molecule has 16 heavy (non-hydrogen) atoms. The number of aliphatic hydroxyl groups is 1. The van der Waals surface area contributed by atoms with Crippen LogP contribution < -0.4 is 5.73 Å². The summed E-state index contributed by atoms with van der Waals surface area (Å²) in [5, 5.41) is 10.3. The van der Waals surface area contributed by atoms with Crippen molar-refractivity contribution in [2.45, 2.75) is 19.9 Å². The van der Waals surface area contributed by atoms with Gasteiger partial charge in [0.25, 0.3) is 0 Å². The summed E-state index contributed by atoms with van der Waals surface area (Å²) in [4.78, 5) is 0. The molecule has 0 spiro atoms. The minimum absolute atomic E-state index is 0.0256. The van der Waals surface area contributed by atoms with Gasteiger partial charge in [-0.25, -0.2) is 0 Å². The standard InChI is InChI=1S/C13H18N2O/c1-8-4-9(2)13-10(5-8)6-12(15(13)3)11(14)7-16/h4-6,11,16H,7,14H2,1-3H3. The fraction of sp³-hybridized carbons (Fsp3) is 0.385. The fourth-order valence-corrected chi connectivity index (χ4v) is 2.40. The summed E-state index contributed by atoms with van der Waals surface area (Å²) in [6.07, 6.45) is 0. The molecule has 1 atom stereocenters. The van der Waals surface area contributed by atoms with E-state index in [1.54, 1.807) is 0 Å². The van der Waals surface area contributed by atoms with Crippen LogP contribution in [0.15, 0.2) is 18.2 Å². The van der Waals surface area contributed by atoms with E-state index in [2.05, 4.69) is 36.6 Å². The van der Waals surface area contributed by atoms with Crippen LogP contribution >= 0.6 is 0 Å². The van der Waals surface area contributed by atoms with Crippen LogP contribution in [0.4, 0.5) is 0 Å². The second kappa shape index (κ2) is 3.92. The quantitative estimate of drug-likeness (QED) is 0.807. The lowest BCUT2D eigenvalue weighted by molar-refractivity contribution is 0.264. The zero-order valence-corrected chi connectivity index (χ0v) is 9.99. The van der Waals surface area contributed by atoms with Crippen molar-refractivity contribution in [1.29, 1.82) is 0 Å². The van der Waals surface area contributed by atoms with Crippen LogP contribution in [0.3, 0.4) is 0 Å². The van der Waals surface area contributed by atoms with Crippen molar-refractivity contribution in [2.75, 3.05) is 6.61 Å². The number of aliphatic hydroxyl groups excluding tert-OH is 1. The minimum Gasteiger partial charge on any atom is -0.394 e. The molecule has 86 valence electrons. The molecular weight excluding hydrogens is 200 g/mol. The van der Waals surface area contributed by atoms with Crippen LogP contribution in [-0.2, 0) is 7.05 Å². The number of hydrogen-bond acceptors (Lipinski definition) is 2. The van der Waals surface area contributed by atoms with E-state index in [9.17, 15) is 0 Å². The number of aryl methyl sites for hydroxylation is 3. The molecule has 3 N–H and O–H groups in total. The average molecular weight is 218 g/mol. The van der Waals surface area contributed by atoms with Crippen molar-refractivity contribution in [3.8, 4) is 0 Å². The Balaban J connectivity index is 2.73. The van der Waals surface area contributed by atoms with Gasteiger partial charge in [0.1, 0.15) is 0 Å². The van der Waals surface area contributed by atoms with Gasteiger partial charge < -0.3 is 15.4 Å². The molecule has 0 amide bonds. The fourth-order valence-electron chi connectivity index (χ4n) is 2.40. The highest BCUT2D eigenvalue weighted by Gasteiger charge is 2.13. The van der Waals surface area contributed by atoms with Crippen molar-refractivity contribution < 1.29 is 5.11 Å². The lowest BCUT2D eigenvalue weighted by Crippen LogP contribution is -2.17. The topological polar surface area (TPSA) is 51.2 Å². The number of aromatic nitrogens is 1. The van der Waals surface area contributed by atoms with Gasteiger partial charge in [-0.15, -0.1) is 0 Å². The van der Waals surface area contributed by atoms with Crippen LogP contribution in [-0.4, -0.2) is 16.3 Å². The minimum atomic E-state index is -0.308. The van der Waals surface area contributed by atoms with Gasteiger partial charge in [-0.3, -0.25) is 0 Å². The average Bonchev–Trinajstić information content (AvgIpc) is 2.54. The molecule has 2 aromatic rings. The molecule has 2 rings (SSSR count). The van der Waals surface area contributed by atoms with E-state index < -0.39 is 0 Å². The maximum Gasteiger partial charge on any atom is 0.0685 e. The first-order valence-electron chi connectivity index (χ1n) is 5.47. The van der Waals surface area contributed by atoms with Crippen molar-refractivity contribution in [2.24, 2.45) is 12.8 Å². The molecule has 1 heterocycles. The van der Waals surface area contributed by atoms with Crippen molar-refractivity contribution >= 4 is 10.9 Å². The molecule has 0 fully saturated rings. The zero-order valence-electron chi connectivity index (χ0n) is 9.99. The predicted octanol–water partition coefficient (Wildman–Crippen LogP) is 1.79. The maximum absolute atomic E-state index is 9.12. The first kappa shape index (κ1) is 11.2. The molecule has 1 aromatic carbocycles. The van der Waals surface area contributed by atoms with Crippen LogP contribution in [0.25, 0.3) is 10.9 Å². The predicted molar refractivity (Wildman–Crippen MR) is 66.4 cm³/mol. The summed E-state index contributed by atoms with van der Waals surface area (Å²) in [7, 11) is 2.00. The van der Waals surface area contributed by atoms with Gasteiger partial charge in [0.2, 0.25) is 0 Å². The largest absolute Gasteiger partial charge is 0.394 e. The third-order valence-electron chi connectivity index (χ3n) is 3.08.